The number of thioether (sulfide) groups is 1. The Bertz CT molecular complexity index is 1190. The Morgan fingerprint density at radius 2 is 1.90 bits per heavy atom. The van der Waals surface area contributed by atoms with Gasteiger partial charge in [0.1, 0.15) is 22.3 Å². The standard InChI is InChI=1S/C22H17ClFN3S2/c23-13-8-10-14(11-9-13)28-12-19-26-21(25-17-6-2-1-5-16(17)24)20-15-4-3-7-18(15)29-22(20)27-19/h1-2,5-6,8-11H,3-4,7,12H2,(H,25,26,27). The van der Waals surface area contributed by atoms with Crippen molar-refractivity contribution in [2.75, 3.05) is 5.32 Å². The molecular weight excluding hydrogens is 425 g/mol. The normalized spacial score (nSPS) is 13.0. The van der Waals surface area contributed by atoms with Gasteiger partial charge in [-0.3, -0.25) is 0 Å². The first-order chi connectivity index (χ1) is 14.2. The van der Waals surface area contributed by atoms with E-state index >= 15 is 0 Å². The molecule has 0 saturated carbocycles. The van der Waals surface area contributed by atoms with Crippen molar-refractivity contribution in [3.63, 3.8) is 0 Å². The number of aryl methyl sites for hydroxylation is 2. The van der Waals surface area contributed by atoms with E-state index in [0.717, 1.165) is 45.2 Å². The summed E-state index contributed by atoms with van der Waals surface area (Å²) in [7, 11) is 0. The lowest BCUT2D eigenvalue weighted by Crippen LogP contribution is -2.02. The zero-order valence-corrected chi connectivity index (χ0v) is 17.8. The molecular formula is C22H17ClFN3S2. The first kappa shape index (κ1) is 18.9. The first-order valence-corrected chi connectivity index (χ1v) is 11.6. The molecule has 0 unspecified atom stereocenters. The molecule has 1 N–H and O–H groups in total. The van der Waals surface area contributed by atoms with Gasteiger partial charge in [0.25, 0.3) is 0 Å². The minimum atomic E-state index is -0.289. The summed E-state index contributed by atoms with van der Waals surface area (Å²) in [5.41, 5.74) is 1.75. The highest BCUT2D eigenvalue weighted by molar-refractivity contribution is 7.98. The average Bonchev–Trinajstić information content (AvgIpc) is 3.30. The predicted octanol–water partition coefficient (Wildman–Crippen LogP) is 7.01. The minimum absolute atomic E-state index is 0.289. The summed E-state index contributed by atoms with van der Waals surface area (Å²) in [5.74, 6) is 1.78. The van der Waals surface area contributed by atoms with Crippen LogP contribution in [0, 0.1) is 5.82 Å². The molecule has 0 fully saturated rings. The zero-order chi connectivity index (χ0) is 19.8. The van der Waals surface area contributed by atoms with Crippen LogP contribution in [-0.2, 0) is 18.6 Å². The van der Waals surface area contributed by atoms with E-state index < -0.39 is 0 Å². The van der Waals surface area contributed by atoms with Crippen molar-refractivity contribution >= 4 is 56.4 Å². The van der Waals surface area contributed by atoms with Crippen molar-refractivity contribution in [1.82, 2.24) is 9.97 Å². The van der Waals surface area contributed by atoms with Gasteiger partial charge in [0, 0.05) is 14.8 Å². The lowest BCUT2D eigenvalue weighted by molar-refractivity contribution is 0.632. The van der Waals surface area contributed by atoms with E-state index in [1.165, 1.54) is 16.5 Å². The van der Waals surface area contributed by atoms with Gasteiger partial charge in [0.15, 0.2) is 0 Å². The Labute approximate surface area is 181 Å². The Balaban J connectivity index is 1.52. The maximum Gasteiger partial charge on any atom is 0.146 e. The molecule has 0 atom stereocenters. The zero-order valence-electron chi connectivity index (χ0n) is 15.4. The van der Waals surface area contributed by atoms with Gasteiger partial charge >= 0.3 is 0 Å². The SMILES string of the molecule is Fc1ccccc1Nc1nc(CSc2ccc(Cl)cc2)nc2sc3c(c12)CCC3. The molecule has 0 saturated heterocycles. The third-order valence-corrected chi connectivity index (χ3v) is 7.37. The van der Waals surface area contributed by atoms with E-state index in [0.29, 0.717) is 17.3 Å². The average molecular weight is 442 g/mol. The summed E-state index contributed by atoms with van der Waals surface area (Å²) in [6.07, 6.45) is 3.28. The molecule has 1 aliphatic carbocycles. The number of anilines is 2. The maximum atomic E-state index is 14.3. The van der Waals surface area contributed by atoms with E-state index in [1.807, 2.05) is 30.3 Å². The monoisotopic (exact) mass is 441 g/mol. The fourth-order valence-corrected chi connectivity index (χ4v) is 5.72. The predicted molar refractivity (Wildman–Crippen MR) is 120 cm³/mol. The van der Waals surface area contributed by atoms with Crippen LogP contribution in [0.4, 0.5) is 15.9 Å². The Hall–Kier alpha value is -2.15. The molecule has 0 spiro atoms. The van der Waals surface area contributed by atoms with Crippen LogP contribution in [0.1, 0.15) is 22.7 Å². The van der Waals surface area contributed by atoms with Crippen molar-refractivity contribution in [2.45, 2.75) is 29.9 Å². The fraction of sp³-hybridized carbons (Fsp3) is 0.182. The summed E-state index contributed by atoms with van der Waals surface area (Å²) in [6, 6.07) is 14.4. The second-order valence-corrected chi connectivity index (χ2v) is 9.44. The van der Waals surface area contributed by atoms with Crippen LogP contribution in [0.5, 0.6) is 0 Å². The van der Waals surface area contributed by atoms with Crippen molar-refractivity contribution in [1.29, 1.82) is 0 Å². The summed E-state index contributed by atoms with van der Waals surface area (Å²) < 4.78 is 14.3. The molecule has 3 nitrogen and oxygen atoms in total. The first-order valence-electron chi connectivity index (χ1n) is 9.38. The van der Waals surface area contributed by atoms with E-state index in [-0.39, 0.29) is 5.82 Å². The number of thiophene rings is 1. The largest absolute Gasteiger partial charge is 0.337 e. The number of rotatable bonds is 5. The molecule has 7 heteroatoms. The lowest BCUT2D eigenvalue weighted by atomic mass is 10.2. The third-order valence-electron chi connectivity index (χ3n) is 4.92. The van der Waals surface area contributed by atoms with Gasteiger partial charge in [0.05, 0.1) is 16.8 Å². The number of benzene rings is 2. The number of aromatic nitrogens is 2. The highest BCUT2D eigenvalue weighted by atomic mass is 35.5. The van der Waals surface area contributed by atoms with E-state index in [9.17, 15) is 4.39 Å². The van der Waals surface area contributed by atoms with Gasteiger partial charge in [-0.05, 0) is 61.2 Å². The second-order valence-electron chi connectivity index (χ2n) is 6.87. The van der Waals surface area contributed by atoms with Crippen LogP contribution in [-0.4, -0.2) is 9.97 Å². The number of halogens is 2. The lowest BCUT2D eigenvalue weighted by Gasteiger charge is -2.11. The Morgan fingerprint density at radius 3 is 2.72 bits per heavy atom. The summed E-state index contributed by atoms with van der Waals surface area (Å²) >= 11 is 9.37. The quantitative estimate of drug-likeness (QED) is 0.338. The highest BCUT2D eigenvalue weighted by Gasteiger charge is 2.23. The van der Waals surface area contributed by atoms with Gasteiger partial charge in [-0.2, -0.15) is 0 Å². The van der Waals surface area contributed by atoms with Crippen LogP contribution in [0.2, 0.25) is 5.02 Å². The molecule has 2 aromatic heterocycles. The van der Waals surface area contributed by atoms with Gasteiger partial charge in [0.2, 0.25) is 0 Å². The number of hydrogen-bond donors (Lipinski definition) is 1. The summed E-state index contributed by atoms with van der Waals surface area (Å²) in [5, 5.41) is 5.00. The smallest absolute Gasteiger partial charge is 0.146 e. The van der Waals surface area contributed by atoms with Gasteiger partial charge in [-0.15, -0.1) is 23.1 Å². The summed E-state index contributed by atoms with van der Waals surface area (Å²) in [6.45, 7) is 0. The van der Waals surface area contributed by atoms with Gasteiger partial charge in [-0.25, -0.2) is 14.4 Å². The Kier molecular flexibility index (Phi) is 5.16. The van der Waals surface area contributed by atoms with E-state index in [2.05, 4.69) is 5.32 Å². The minimum Gasteiger partial charge on any atom is -0.337 e. The van der Waals surface area contributed by atoms with Crippen molar-refractivity contribution in [3.05, 3.63) is 75.6 Å². The Morgan fingerprint density at radius 1 is 1.07 bits per heavy atom. The third kappa shape index (κ3) is 3.84. The molecule has 2 heterocycles. The molecule has 2 aromatic carbocycles. The molecule has 1 aliphatic rings. The fourth-order valence-electron chi connectivity index (χ4n) is 3.56. The van der Waals surface area contributed by atoms with Crippen LogP contribution in [0.3, 0.4) is 0 Å². The second kappa shape index (κ2) is 7.94. The molecule has 0 bridgehead atoms. The number of nitrogens with zero attached hydrogens (tertiary/aromatic N) is 2. The van der Waals surface area contributed by atoms with Crippen LogP contribution >= 0.6 is 34.7 Å². The number of fused-ring (bicyclic) bond motifs is 3. The summed E-state index contributed by atoms with van der Waals surface area (Å²) in [4.78, 5) is 13.1. The van der Waals surface area contributed by atoms with Crippen LogP contribution in [0.15, 0.2) is 53.4 Å². The van der Waals surface area contributed by atoms with E-state index in [1.54, 1.807) is 35.2 Å². The number of nitrogens with one attached hydrogen (secondary N) is 1. The molecule has 146 valence electrons. The van der Waals surface area contributed by atoms with Crippen molar-refractivity contribution in [2.24, 2.45) is 0 Å². The van der Waals surface area contributed by atoms with Crippen LogP contribution in [0.25, 0.3) is 10.2 Å². The molecule has 0 radical (unpaired) electrons. The molecule has 0 aliphatic heterocycles. The van der Waals surface area contributed by atoms with Crippen molar-refractivity contribution < 1.29 is 4.39 Å². The molecule has 0 amide bonds. The van der Waals surface area contributed by atoms with Gasteiger partial charge < -0.3 is 5.32 Å². The van der Waals surface area contributed by atoms with Gasteiger partial charge in [-0.1, -0.05) is 23.7 Å². The van der Waals surface area contributed by atoms with Crippen LogP contribution < -0.4 is 5.32 Å². The molecule has 29 heavy (non-hydrogen) atoms. The highest BCUT2D eigenvalue weighted by Crippen LogP contribution is 2.40. The topological polar surface area (TPSA) is 37.8 Å². The number of hydrogen-bond acceptors (Lipinski definition) is 5. The molecule has 4 aromatic rings. The van der Waals surface area contributed by atoms with Crippen molar-refractivity contribution in [3.8, 4) is 0 Å². The van der Waals surface area contributed by atoms with E-state index in [4.69, 9.17) is 21.6 Å². The molecule has 5 rings (SSSR count). The maximum absolute atomic E-state index is 14.3. The number of para-hydroxylation sites is 1.